The predicted octanol–water partition coefficient (Wildman–Crippen LogP) is 1.06. The second kappa shape index (κ2) is 10.0. The highest BCUT2D eigenvalue weighted by molar-refractivity contribution is 5.88. The van der Waals surface area contributed by atoms with Crippen LogP contribution in [0.3, 0.4) is 0 Å². The molecule has 40 heavy (non-hydrogen) atoms. The molecule has 0 unspecified atom stereocenters. The fraction of sp³-hybridized carbons (Fsp3) is 0.621. The molecule has 2 aliphatic carbocycles. The van der Waals surface area contributed by atoms with Crippen molar-refractivity contribution in [1.29, 1.82) is 0 Å². The molecule has 0 radical (unpaired) electrons. The van der Waals surface area contributed by atoms with Crippen molar-refractivity contribution in [3.05, 3.63) is 35.1 Å². The highest BCUT2D eigenvalue weighted by Crippen LogP contribution is 2.65. The van der Waals surface area contributed by atoms with Gasteiger partial charge in [-0.05, 0) is 70.3 Å². The van der Waals surface area contributed by atoms with Gasteiger partial charge in [-0.15, -0.1) is 0 Å². The van der Waals surface area contributed by atoms with Crippen molar-refractivity contribution in [2.45, 2.75) is 94.8 Å². The molecule has 1 aromatic rings. The zero-order chi connectivity index (χ0) is 29.1. The summed E-state index contributed by atoms with van der Waals surface area (Å²) in [6.45, 7) is 7.08. The average molecular weight is 559 g/mol. The van der Waals surface area contributed by atoms with E-state index in [1.165, 1.54) is 13.8 Å². The van der Waals surface area contributed by atoms with Crippen LogP contribution < -0.4 is 10.1 Å². The van der Waals surface area contributed by atoms with Crippen LogP contribution in [0.2, 0.25) is 0 Å². The summed E-state index contributed by atoms with van der Waals surface area (Å²) in [7, 11) is 1.98. The molecule has 4 N–H and O–H groups in total. The minimum absolute atomic E-state index is 0.0239. The van der Waals surface area contributed by atoms with Crippen LogP contribution in [0.1, 0.15) is 58.1 Å². The van der Waals surface area contributed by atoms with Gasteiger partial charge in [0.1, 0.15) is 17.9 Å². The van der Waals surface area contributed by atoms with Crippen molar-refractivity contribution in [2.75, 3.05) is 13.6 Å². The van der Waals surface area contributed by atoms with Gasteiger partial charge in [-0.25, -0.2) is 9.59 Å². The van der Waals surface area contributed by atoms with Crippen LogP contribution >= 0.6 is 0 Å². The maximum absolute atomic E-state index is 13.2. The first-order valence-corrected chi connectivity index (χ1v) is 13.9. The lowest BCUT2D eigenvalue weighted by atomic mass is 9.50. The van der Waals surface area contributed by atoms with E-state index in [0.29, 0.717) is 25.1 Å². The third kappa shape index (κ3) is 4.26. The van der Waals surface area contributed by atoms with E-state index in [-0.39, 0.29) is 36.3 Å². The summed E-state index contributed by atoms with van der Waals surface area (Å²) in [4.78, 5) is 40.2. The molecule has 0 saturated carbocycles. The average Bonchev–Trinajstić information content (AvgIpc) is 3.24. The summed E-state index contributed by atoms with van der Waals surface area (Å²) in [5.41, 5.74) is -0.349. The van der Waals surface area contributed by atoms with Crippen LogP contribution in [0.4, 0.5) is 0 Å². The van der Waals surface area contributed by atoms with Crippen LogP contribution in [-0.2, 0) is 35.7 Å². The standard InChI is InChI=1S/C29H38N2O9/c1-14(2)12-18(30-25(34)15(3)32)27(36)38-16(4)26(35)39-20-8-9-29(37)21-13-17-6-7-19(33)23-22(17)28(29,24(20)40-23)10-11-31(21)5/h6-8,14-16,18,21,24,32-33,37H,9-13H2,1-5H3,(H,30,34)/t15-,16-,18-,21-,24-,28-,29+/m0/s1. The molecule has 1 amide bonds. The molecule has 1 saturated heterocycles. The lowest BCUT2D eigenvalue weighted by Crippen LogP contribution is -2.74. The van der Waals surface area contributed by atoms with Gasteiger partial charge in [0, 0.05) is 18.0 Å². The molecule has 2 bridgehead atoms. The van der Waals surface area contributed by atoms with E-state index < -0.39 is 53.2 Å². The third-order valence-corrected chi connectivity index (χ3v) is 8.88. The van der Waals surface area contributed by atoms with Gasteiger partial charge < -0.3 is 39.7 Å². The quantitative estimate of drug-likeness (QED) is 0.341. The number of amides is 1. The van der Waals surface area contributed by atoms with Crippen LogP contribution in [0.5, 0.6) is 11.5 Å². The number of hydrogen-bond acceptors (Lipinski definition) is 10. The number of aliphatic hydroxyl groups is 2. The number of benzene rings is 1. The van der Waals surface area contributed by atoms with E-state index in [4.69, 9.17) is 14.2 Å². The second-order valence-electron chi connectivity index (χ2n) is 12.0. The van der Waals surface area contributed by atoms with E-state index in [1.54, 1.807) is 12.1 Å². The van der Waals surface area contributed by atoms with Gasteiger partial charge in [-0.3, -0.25) is 4.79 Å². The number of carbonyl (C=O) groups is 3. The number of phenols is 1. The molecule has 2 heterocycles. The molecule has 218 valence electrons. The predicted molar refractivity (Wildman–Crippen MR) is 141 cm³/mol. The molecular formula is C29H38N2O9. The van der Waals surface area contributed by atoms with Crippen molar-refractivity contribution in [2.24, 2.45) is 5.92 Å². The number of ether oxygens (including phenoxy) is 3. The Hall–Kier alpha value is -3.15. The molecule has 11 nitrogen and oxygen atoms in total. The van der Waals surface area contributed by atoms with Gasteiger partial charge in [0.2, 0.25) is 5.91 Å². The molecule has 1 spiro atoms. The minimum atomic E-state index is -1.31. The van der Waals surface area contributed by atoms with Gasteiger partial charge in [0.15, 0.2) is 23.7 Å². The van der Waals surface area contributed by atoms with E-state index in [9.17, 15) is 29.7 Å². The van der Waals surface area contributed by atoms with Gasteiger partial charge in [0.25, 0.3) is 0 Å². The number of aliphatic hydroxyl groups excluding tert-OH is 1. The highest BCUT2D eigenvalue weighted by atomic mass is 16.6. The maximum atomic E-state index is 13.2. The zero-order valence-corrected chi connectivity index (χ0v) is 23.5. The van der Waals surface area contributed by atoms with E-state index >= 15 is 0 Å². The third-order valence-electron chi connectivity index (χ3n) is 8.88. The number of likely N-dealkylation sites (N-methyl/N-ethyl adjacent to an activating group) is 1. The van der Waals surface area contributed by atoms with Gasteiger partial charge >= 0.3 is 11.9 Å². The first kappa shape index (κ1) is 28.4. The minimum Gasteiger partial charge on any atom is -0.504 e. The maximum Gasteiger partial charge on any atom is 0.352 e. The Bertz CT molecular complexity index is 1260. The van der Waals surface area contributed by atoms with E-state index in [0.717, 1.165) is 11.1 Å². The molecule has 1 aromatic carbocycles. The number of aromatic hydroxyl groups is 1. The lowest BCUT2D eigenvalue weighted by Gasteiger charge is -2.61. The van der Waals surface area contributed by atoms with E-state index in [1.807, 2.05) is 27.0 Å². The van der Waals surface area contributed by atoms with Crippen LogP contribution in [0.25, 0.3) is 0 Å². The molecule has 7 atom stereocenters. The molecule has 11 heteroatoms. The Balaban J connectivity index is 1.37. The Morgan fingerprint density at radius 1 is 1.20 bits per heavy atom. The Labute approximate surface area is 233 Å². The first-order chi connectivity index (χ1) is 18.8. The van der Waals surface area contributed by atoms with Crippen molar-refractivity contribution in [3.63, 3.8) is 0 Å². The van der Waals surface area contributed by atoms with Crippen LogP contribution in [-0.4, -0.2) is 87.7 Å². The summed E-state index contributed by atoms with van der Waals surface area (Å²) in [6.07, 6.45) is -0.216. The Morgan fingerprint density at radius 2 is 1.93 bits per heavy atom. The fourth-order valence-corrected chi connectivity index (χ4v) is 6.92. The molecule has 2 aliphatic heterocycles. The number of phenolic OH excluding ortho intramolecular Hbond substituents is 1. The lowest BCUT2D eigenvalue weighted by molar-refractivity contribution is -0.176. The van der Waals surface area contributed by atoms with Gasteiger partial charge in [0.05, 0.1) is 11.0 Å². The summed E-state index contributed by atoms with van der Waals surface area (Å²) < 4.78 is 17.4. The summed E-state index contributed by atoms with van der Waals surface area (Å²) in [5, 5.41) is 34.9. The number of nitrogens with one attached hydrogen (secondary N) is 1. The number of likely N-dealkylation sites (tertiary alicyclic amines) is 1. The monoisotopic (exact) mass is 558 g/mol. The number of carbonyl (C=O) groups excluding carboxylic acids is 3. The number of nitrogens with zero attached hydrogens (tertiary/aromatic N) is 1. The molecule has 1 fully saturated rings. The van der Waals surface area contributed by atoms with Crippen molar-refractivity contribution in [3.8, 4) is 11.5 Å². The fourth-order valence-electron chi connectivity index (χ4n) is 6.92. The van der Waals surface area contributed by atoms with Crippen LogP contribution in [0, 0.1) is 5.92 Å². The summed E-state index contributed by atoms with van der Waals surface area (Å²) in [6, 6.07) is 2.22. The normalized spacial score (nSPS) is 30.4. The highest BCUT2D eigenvalue weighted by Gasteiger charge is 2.72. The van der Waals surface area contributed by atoms with Crippen molar-refractivity contribution in [1.82, 2.24) is 10.2 Å². The number of piperidine rings is 1. The van der Waals surface area contributed by atoms with Gasteiger partial charge in [-0.1, -0.05) is 19.9 Å². The number of hydrogen-bond donors (Lipinski definition) is 4. The molecular weight excluding hydrogens is 520 g/mol. The van der Waals surface area contributed by atoms with Crippen molar-refractivity contribution >= 4 is 17.8 Å². The molecule has 5 rings (SSSR count). The number of esters is 2. The second-order valence-corrected chi connectivity index (χ2v) is 12.0. The zero-order valence-electron chi connectivity index (χ0n) is 23.5. The molecule has 0 aromatic heterocycles. The van der Waals surface area contributed by atoms with E-state index in [2.05, 4.69) is 10.2 Å². The Morgan fingerprint density at radius 3 is 2.60 bits per heavy atom. The van der Waals surface area contributed by atoms with Gasteiger partial charge in [-0.2, -0.15) is 0 Å². The largest absolute Gasteiger partial charge is 0.504 e. The SMILES string of the molecule is CC(C)C[C@H](NC(=O)[C@H](C)O)C(=O)O[C@@H](C)C(=O)OC1=CC[C@@]2(O)[C@@H]3Cc4ccc(O)c5c4[C@@]2(CCN3C)[C@H]1O5. The Kier molecular flexibility index (Phi) is 7.12. The topological polar surface area (TPSA) is 155 Å². The smallest absolute Gasteiger partial charge is 0.352 e. The number of rotatable bonds is 8. The van der Waals surface area contributed by atoms with Crippen molar-refractivity contribution < 1.29 is 43.9 Å². The first-order valence-electron chi connectivity index (χ1n) is 13.9. The molecule has 4 aliphatic rings. The van der Waals surface area contributed by atoms with Crippen LogP contribution in [0.15, 0.2) is 24.0 Å². The summed E-state index contributed by atoms with van der Waals surface area (Å²) in [5.74, 6) is -1.89. The summed E-state index contributed by atoms with van der Waals surface area (Å²) >= 11 is 0.